The van der Waals surface area contributed by atoms with Crippen LogP contribution in [-0.4, -0.2) is 38.8 Å². The second kappa shape index (κ2) is 8.53. The van der Waals surface area contributed by atoms with Crippen molar-refractivity contribution in [3.63, 3.8) is 0 Å². The number of rotatable bonds is 7. The Morgan fingerprint density at radius 3 is 2.81 bits per heavy atom. The van der Waals surface area contributed by atoms with Crippen LogP contribution in [-0.2, 0) is 17.9 Å². The predicted molar refractivity (Wildman–Crippen MR) is 127 cm³/mol. The standard InChI is InChI=1S/C25H26N6O/c1-4-26-11-18-12-27-13-20(15(18)2)17-6-8-21-19(10-17)24(31-30-21)25-28-22-7-5-16(14-32-3)9-23(22)29-25/h5-10,12-13,26H,4,11,14H2,1-3H3,(H,28,29)(H,30,31). The summed E-state index contributed by atoms with van der Waals surface area (Å²) in [7, 11) is 1.70. The largest absolute Gasteiger partial charge is 0.380 e. The molecule has 2 aromatic carbocycles. The number of H-pyrrole nitrogens is 2. The Labute approximate surface area is 186 Å². The van der Waals surface area contributed by atoms with Crippen LogP contribution in [0.4, 0.5) is 0 Å². The number of aromatic nitrogens is 5. The Hall–Kier alpha value is -3.55. The van der Waals surface area contributed by atoms with E-state index in [1.165, 1.54) is 11.1 Å². The van der Waals surface area contributed by atoms with Crippen LogP contribution in [0.1, 0.15) is 23.6 Å². The molecular formula is C25H26N6O. The topological polar surface area (TPSA) is 91.5 Å². The SMILES string of the molecule is CCNCc1cncc(-c2ccc3[nH]nc(-c4nc5ccc(COC)cc5[nH]4)c3c2)c1C. The summed E-state index contributed by atoms with van der Waals surface area (Å²) in [5, 5.41) is 12.1. The van der Waals surface area contributed by atoms with E-state index in [4.69, 9.17) is 9.72 Å². The zero-order chi connectivity index (χ0) is 22.1. The van der Waals surface area contributed by atoms with Gasteiger partial charge in [-0.05, 0) is 60.0 Å². The van der Waals surface area contributed by atoms with Crippen LogP contribution in [0.3, 0.4) is 0 Å². The van der Waals surface area contributed by atoms with Crippen LogP contribution in [0.5, 0.6) is 0 Å². The monoisotopic (exact) mass is 426 g/mol. The quantitative estimate of drug-likeness (QED) is 0.350. The molecule has 32 heavy (non-hydrogen) atoms. The summed E-state index contributed by atoms with van der Waals surface area (Å²) in [4.78, 5) is 12.7. The van der Waals surface area contributed by atoms with Crippen molar-refractivity contribution < 1.29 is 4.74 Å². The predicted octanol–water partition coefficient (Wildman–Crippen LogP) is 4.73. The molecule has 7 heteroatoms. The van der Waals surface area contributed by atoms with Gasteiger partial charge < -0.3 is 15.0 Å². The van der Waals surface area contributed by atoms with Gasteiger partial charge in [0, 0.05) is 37.0 Å². The maximum absolute atomic E-state index is 5.25. The molecule has 5 rings (SSSR count). The van der Waals surface area contributed by atoms with Crippen LogP contribution in [0.15, 0.2) is 48.8 Å². The molecule has 0 saturated carbocycles. The number of fused-ring (bicyclic) bond motifs is 2. The molecule has 0 aliphatic heterocycles. The average molecular weight is 427 g/mol. The van der Waals surface area contributed by atoms with E-state index in [1.807, 2.05) is 24.5 Å². The van der Waals surface area contributed by atoms with E-state index in [9.17, 15) is 0 Å². The summed E-state index contributed by atoms with van der Waals surface area (Å²) in [6.45, 7) is 6.57. The van der Waals surface area contributed by atoms with Crippen molar-refractivity contribution >= 4 is 21.9 Å². The summed E-state index contributed by atoms with van der Waals surface area (Å²) in [6, 6.07) is 12.5. The number of imidazole rings is 1. The number of ether oxygens (including phenoxy) is 1. The number of benzene rings is 2. The minimum Gasteiger partial charge on any atom is -0.380 e. The number of methoxy groups -OCH3 is 1. The van der Waals surface area contributed by atoms with Crippen molar-refractivity contribution in [2.24, 2.45) is 0 Å². The lowest BCUT2D eigenvalue weighted by atomic mass is 9.98. The molecule has 0 unspecified atom stereocenters. The lowest BCUT2D eigenvalue weighted by molar-refractivity contribution is 0.185. The number of hydrogen-bond acceptors (Lipinski definition) is 5. The van der Waals surface area contributed by atoms with E-state index >= 15 is 0 Å². The lowest BCUT2D eigenvalue weighted by Gasteiger charge is -2.11. The molecule has 5 aromatic rings. The molecule has 7 nitrogen and oxygen atoms in total. The third kappa shape index (κ3) is 3.66. The minimum atomic E-state index is 0.569. The number of nitrogens with one attached hydrogen (secondary N) is 3. The van der Waals surface area contributed by atoms with Gasteiger partial charge in [-0.25, -0.2) is 4.98 Å². The molecule has 0 fully saturated rings. The molecule has 0 amide bonds. The second-order valence-electron chi connectivity index (χ2n) is 7.95. The molecule has 0 bridgehead atoms. The molecule has 0 spiro atoms. The normalized spacial score (nSPS) is 11.6. The Morgan fingerprint density at radius 2 is 1.97 bits per heavy atom. The summed E-state index contributed by atoms with van der Waals surface area (Å²) < 4.78 is 5.25. The van der Waals surface area contributed by atoms with E-state index in [-0.39, 0.29) is 0 Å². The van der Waals surface area contributed by atoms with Gasteiger partial charge in [0.25, 0.3) is 0 Å². The highest BCUT2D eigenvalue weighted by Crippen LogP contribution is 2.32. The number of nitrogens with zero attached hydrogens (tertiary/aromatic N) is 3. The van der Waals surface area contributed by atoms with E-state index in [0.29, 0.717) is 6.61 Å². The smallest absolute Gasteiger partial charge is 0.159 e. The maximum Gasteiger partial charge on any atom is 0.159 e. The van der Waals surface area contributed by atoms with Crippen LogP contribution in [0.25, 0.3) is 44.6 Å². The van der Waals surface area contributed by atoms with E-state index < -0.39 is 0 Å². The molecule has 0 saturated heterocycles. The highest BCUT2D eigenvalue weighted by Gasteiger charge is 2.15. The molecule has 3 aromatic heterocycles. The van der Waals surface area contributed by atoms with Gasteiger partial charge in [0.05, 0.1) is 23.2 Å². The van der Waals surface area contributed by atoms with E-state index in [0.717, 1.165) is 63.2 Å². The van der Waals surface area contributed by atoms with Gasteiger partial charge >= 0.3 is 0 Å². The van der Waals surface area contributed by atoms with Gasteiger partial charge in [-0.3, -0.25) is 10.1 Å². The third-order valence-electron chi connectivity index (χ3n) is 5.84. The summed E-state index contributed by atoms with van der Waals surface area (Å²) in [6.07, 6.45) is 3.87. The molecule has 3 N–H and O–H groups in total. The van der Waals surface area contributed by atoms with Crippen molar-refractivity contribution in [1.82, 2.24) is 30.5 Å². The fourth-order valence-electron chi connectivity index (χ4n) is 4.08. The number of pyridine rings is 1. The Balaban J connectivity index is 1.57. The first-order valence-electron chi connectivity index (χ1n) is 10.8. The fourth-order valence-corrected chi connectivity index (χ4v) is 4.08. The van der Waals surface area contributed by atoms with E-state index in [2.05, 4.69) is 63.6 Å². The van der Waals surface area contributed by atoms with Crippen LogP contribution >= 0.6 is 0 Å². The van der Waals surface area contributed by atoms with Crippen molar-refractivity contribution in [2.75, 3.05) is 13.7 Å². The van der Waals surface area contributed by atoms with Crippen LogP contribution in [0.2, 0.25) is 0 Å². The molecule has 0 radical (unpaired) electrons. The summed E-state index contributed by atoms with van der Waals surface area (Å²) >= 11 is 0. The molecule has 0 aliphatic carbocycles. The van der Waals surface area contributed by atoms with Crippen LogP contribution in [0, 0.1) is 6.92 Å². The van der Waals surface area contributed by atoms with Gasteiger partial charge in [-0.15, -0.1) is 0 Å². The van der Waals surface area contributed by atoms with Gasteiger partial charge in [0.15, 0.2) is 5.82 Å². The average Bonchev–Trinajstić information content (AvgIpc) is 3.41. The number of aromatic amines is 2. The third-order valence-corrected chi connectivity index (χ3v) is 5.84. The lowest BCUT2D eigenvalue weighted by Crippen LogP contribution is -2.13. The van der Waals surface area contributed by atoms with Crippen molar-refractivity contribution in [1.29, 1.82) is 0 Å². The molecule has 0 atom stereocenters. The van der Waals surface area contributed by atoms with Crippen molar-refractivity contribution in [2.45, 2.75) is 27.0 Å². The molecular weight excluding hydrogens is 400 g/mol. The number of hydrogen-bond donors (Lipinski definition) is 3. The Kier molecular flexibility index (Phi) is 5.43. The van der Waals surface area contributed by atoms with Gasteiger partial charge in [0.1, 0.15) is 5.69 Å². The summed E-state index contributed by atoms with van der Waals surface area (Å²) in [5.41, 5.74) is 9.44. The molecule has 162 valence electrons. The zero-order valence-electron chi connectivity index (χ0n) is 18.5. The molecule has 0 aliphatic rings. The van der Waals surface area contributed by atoms with E-state index in [1.54, 1.807) is 7.11 Å². The Morgan fingerprint density at radius 1 is 1.06 bits per heavy atom. The van der Waals surface area contributed by atoms with Crippen molar-refractivity contribution in [3.8, 4) is 22.6 Å². The minimum absolute atomic E-state index is 0.569. The van der Waals surface area contributed by atoms with Gasteiger partial charge in [0.2, 0.25) is 0 Å². The van der Waals surface area contributed by atoms with Gasteiger partial charge in [-0.2, -0.15) is 5.10 Å². The second-order valence-corrected chi connectivity index (χ2v) is 7.95. The summed E-state index contributed by atoms with van der Waals surface area (Å²) in [5.74, 6) is 0.744. The first-order chi connectivity index (χ1) is 15.7. The fraction of sp³-hybridized carbons (Fsp3) is 0.240. The maximum atomic E-state index is 5.25. The van der Waals surface area contributed by atoms with Crippen molar-refractivity contribution in [3.05, 3.63) is 65.5 Å². The highest BCUT2D eigenvalue weighted by atomic mass is 16.5. The Bertz CT molecular complexity index is 1400. The first kappa shape index (κ1) is 20.4. The zero-order valence-corrected chi connectivity index (χ0v) is 18.5. The highest BCUT2D eigenvalue weighted by molar-refractivity contribution is 5.96. The molecule has 3 heterocycles. The van der Waals surface area contributed by atoms with Gasteiger partial charge in [-0.1, -0.05) is 19.1 Å². The first-order valence-corrected chi connectivity index (χ1v) is 10.8. The van der Waals surface area contributed by atoms with Crippen LogP contribution < -0.4 is 5.32 Å².